The Labute approximate surface area is 116 Å². The first-order chi connectivity index (χ1) is 9.75. The summed E-state index contributed by atoms with van der Waals surface area (Å²) in [6.07, 6.45) is 5.22. The van der Waals surface area contributed by atoms with Gasteiger partial charge in [-0.25, -0.2) is 14.8 Å². The molecule has 0 atom stereocenters. The Morgan fingerprint density at radius 3 is 2.65 bits per heavy atom. The molecule has 6 nitrogen and oxygen atoms in total. The zero-order valence-corrected chi connectivity index (χ0v) is 10.9. The van der Waals surface area contributed by atoms with E-state index >= 15 is 0 Å². The Balaban J connectivity index is 2.08. The van der Waals surface area contributed by atoms with Gasteiger partial charge in [0.05, 0.1) is 5.69 Å². The number of rotatable bonds is 3. The molecule has 3 rings (SSSR count). The predicted molar refractivity (Wildman–Crippen MR) is 73.7 cm³/mol. The van der Waals surface area contributed by atoms with Crippen LogP contribution < -0.4 is 4.90 Å². The maximum atomic E-state index is 11.3. The molecule has 6 heteroatoms. The number of carboxylic acid groups (broad SMARTS) is 1. The monoisotopic (exact) mass is 270 g/mol. The summed E-state index contributed by atoms with van der Waals surface area (Å²) in [5.41, 5.74) is 0.995. The predicted octanol–water partition coefficient (Wildman–Crippen LogP) is 1.84. The van der Waals surface area contributed by atoms with Gasteiger partial charge in [0.2, 0.25) is 5.95 Å². The second-order valence-electron chi connectivity index (χ2n) is 4.65. The second-order valence-corrected chi connectivity index (χ2v) is 4.65. The Kier molecular flexibility index (Phi) is 3.28. The fourth-order valence-electron chi connectivity index (χ4n) is 2.30. The molecule has 0 saturated carbocycles. The van der Waals surface area contributed by atoms with Crippen LogP contribution in [0.15, 0.2) is 30.6 Å². The normalized spacial score (nSPS) is 14.5. The fraction of sp³-hybridized carbons (Fsp3) is 0.286. The highest BCUT2D eigenvalue weighted by molar-refractivity contribution is 5.94. The molecule has 0 aliphatic carbocycles. The van der Waals surface area contributed by atoms with Crippen LogP contribution in [-0.2, 0) is 0 Å². The summed E-state index contributed by atoms with van der Waals surface area (Å²) in [6.45, 7) is 1.82. The first-order valence-electron chi connectivity index (χ1n) is 6.52. The minimum Gasteiger partial charge on any atom is -0.478 e. The topological polar surface area (TPSA) is 79.2 Å². The van der Waals surface area contributed by atoms with Crippen LogP contribution in [0.25, 0.3) is 11.4 Å². The summed E-state index contributed by atoms with van der Waals surface area (Å²) in [6, 6.07) is 5.35. The van der Waals surface area contributed by atoms with Crippen molar-refractivity contribution in [1.29, 1.82) is 0 Å². The Morgan fingerprint density at radius 2 is 2.00 bits per heavy atom. The fourth-order valence-corrected chi connectivity index (χ4v) is 2.30. The number of carboxylic acids is 1. The van der Waals surface area contributed by atoms with Crippen LogP contribution >= 0.6 is 0 Å². The van der Waals surface area contributed by atoms with Crippen molar-refractivity contribution in [3.8, 4) is 11.4 Å². The first kappa shape index (κ1) is 12.5. The van der Waals surface area contributed by atoms with E-state index in [1.165, 1.54) is 6.20 Å². The molecule has 0 unspecified atom stereocenters. The van der Waals surface area contributed by atoms with E-state index in [-0.39, 0.29) is 5.56 Å². The van der Waals surface area contributed by atoms with Crippen molar-refractivity contribution < 1.29 is 9.90 Å². The molecule has 0 radical (unpaired) electrons. The lowest BCUT2D eigenvalue weighted by Crippen LogP contribution is -2.21. The van der Waals surface area contributed by atoms with Crippen LogP contribution in [0.3, 0.4) is 0 Å². The van der Waals surface area contributed by atoms with E-state index in [0.29, 0.717) is 17.3 Å². The third kappa shape index (κ3) is 2.32. The summed E-state index contributed by atoms with van der Waals surface area (Å²) >= 11 is 0. The summed E-state index contributed by atoms with van der Waals surface area (Å²) in [5.74, 6) is -0.466. The molecule has 0 spiro atoms. The number of carbonyl (C=O) groups is 1. The quantitative estimate of drug-likeness (QED) is 0.916. The zero-order valence-electron chi connectivity index (χ0n) is 10.9. The Morgan fingerprint density at radius 1 is 1.20 bits per heavy atom. The molecule has 0 bridgehead atoms. The van der Waals surface area contributed by atoms with Gasteiger partial charge in [0.1, 0.15) is 11.3 Å². The lowest BCUT2D eigenvalue weighted by Gasteiger charge is -2.16. The van der Waals surface area contributed by atoms with Gasteiger partial charge < -0.3 is 10.0 Å². The van der Waals surface area contributed by atoms with Crippen molar-refractivity contribution in [2.24, 2.45) is 0 Å². The Bertz CT molecular complexity index is 624. The van der Waals surface area contributed by atoms with Crippen molar-refractivity contribution in [2.45, 2.75) is 12.8 Å². The first-order valence-corrected chi connectivity index (χ1v) is 6.52. The average Bonchev–Trinajstić information content (AvgIpc) is 3.02. The van der Waals surface area contributed by atoms with Gasteiger partial charge in [-0.3, -0.25) is 4.98 Å². The summed E-state index contributed by atoms with van der Waals surface area (Å²) in [7, 11) is 0. The molecule has 0 aromatic carbocycles. The van der Waals surface area contributed by atoms with Gasteiger partial charge in [-0.2, -0.15) is 0 Å². The second kappa shape index (κ2) is 5.24. The van der Waals surface area contributed by atoms with Crippen molar-refractivity contribution in [1.82, 2.24) is 15.0 Å². The summed E-state index contributed by atoms with van der Waals surface area (Å²) in [4.78, 5) is 26.2. The maximum absolute atomic E-state index is 11.3. The van der Waals surface area contributed by atoms with Crippen molar-refractivity contribution in [2.75, 3.05) is 18.0 Å². The molecule has 1 saturated heterocycles. The maximum Gasteiger partial charge on any atom is 0.339 e. The number of pyridine rings is 1. The highest BCUT2D eigenvalue weighted by Gasteiger charge is 2.20. The molecule has 2 aromatic rings. The largest absolute Gasteiger partial charge is 0.478 e. The van der Waals surface area contributed by atoms with Gasteiger partial charge in [-0.15, -0.1) is 0 Å². The number of anilines is 1. The molecule has 2 aromatic heterocycles. The van der Waals surface area contributed by atoms with E-state index < -0.39 is 5.97 Å². The smallest absolute Gasteiger partial charge is 0.339 e. The summed E-state index contributed by atoms with van der Waals surface area (Å²) in [5, 5.41) is 9.26. The number of aromatic nitrogens is 3. The molecule has 1 aliphatic rings. The zero-order chi connectivity index (χ0) is 13.9. The number of hydrogen-bond acceptors (Lipinski definition) is 5. The summed E-state index contributed by atoms with van der Waals surface area (Å²) < 4.78 is 0. The third-order valence-corrected chi connectivity index (χ3v) is 3.30. The highest BCUT2D eigenvalue weighted by atomic mass is 16.4. The molecule has 0 amide bonds. The molecule has 102 valence electrons. The van der Waals surface area contributed by atoms with Gasteiger partial charge in [0.15, 0.2) is 0 Å². The number of hydrogen-bond donors (Lipinski definition) is 1. The molecular weight excluding hydrogens is 256 g/mol. The third-order valence-electron chi connectivity index (χ3n) is 3.30. The van der Waals surface area contributed by atoms with E-state index in [1.807, 2.05) is 6.07 Å². The Hall–Kier alpha value is -2.50. The van der Waals surface area contributed by atoms with Crippen molar-refractivity contribution >= 4 is 11.9 Å². The molecule has 1 N–H and O–H groups in total. The van der Waals surface area contributed by atoms with E-state index in [2.05, 4.69) is 19.9 Å². The van der Waals surface area contributed by atoms with Crippen LogP contribution in [0.1, 0.15) is 23.2 Å². The highest BCUT2D eigenvalue weighted by Crippen LogP contribution is 2.23. The molecule has 1 fully saturated rings. The van der Waals surface area contributed by atoms with Crippen LogP contribution in [0.4, 0.5) is 5.95 Å². The average molecular weight is 270 g/mol. The molecular formula is C14H14N4O2. The van der Waals surface area contributed by atoms with Crippen LogP contribution in [0.5, 0.6) is 0 Å². The van der Waals surface area contributed by atoms with E-state index in [1.54, 1.807) is 18.3 Å². The van der Waals surface area contributed by atoms with Crippen molar-refractivity contribution in [3.63, 3.8) is 0 Å². The van der Waals surface area contributed by atoms with Crippen LogP contribution in [0.2, 0.25) is 0 Å². The van der Waals surface area contributed by atoms with Crippen molar-refractivity contribution in [3.05, 3.63) is 36.2 Å². The standard InChI is InChI=1S/C14H14N4O2/c19-13(20)10-9-16-14(18-7-3-4-8-18)17-12(10)11-5-1-2-6-15-11/h1-2,5-6,9H,3-4,7-8H2,(H,19,20). The number of aromatic carboxylic acids is 1. The molecule has 20 heavy (non-hydrogen) atoms. The minimum atomic E-state index is -1.04. The van der Waals surface area contributed by atoms with Gasteiger partial charge in [-0.1, -0.05) is 6.07 Å². The van der Waals surface area contributed by atoms with Crippen LogP contribution in [0, 0.1) is 0 Å². The van der Waals surface area contributed by atoms with E-state index in [4.69, 9.17) is 0 Å². The van der Waals surface area contributed by atoms with Gasteiger partial charge in [0.25, 0.3) is 0 Å². The SMILES string of the molecule is O=C(O)c1cnc(N2CCCC2)nc1-c1ccccn1. The minimum absolute atomic E-state index is 0.0756. The molecule has 3 heterocycles. The molecule has 1 aliphatic heterocycles. The van der Waals surface area contributed by atoms with Gasteiger partial charge in [0, 0.05) is 25.5 Å². The number of nitrogens with zero attached hydrogens (tertiary/aromatic N) is 4. The van der Waals surface area contributed by atoms with E-state index in [0.717, 1.165) is 25.9 Å². The van der Waals surface area contributed by atoms with Crippen LogP contribution in [-0.4, -0.2) is 39.1 Å². The van der Waals surface area contributed by atoms with Gasteiger partial charge in [-0.05, 0) is 25.0 Å². The lowest BCUT2D eigenvalue weighted by molar-refractivity contribution is 0.0697. The van der Waals surface area contributed by atoms with Gasteiger partial charge >= 0.3 is 5.97 Å². The van der Waals surface area contributed by atoms with E-state index in [9.17, 15) is 9.90 Å². The lowest BCUT2D eigenvalue weighted by atomic mass is 10.1.